The quantitative estimate of drug-likeness (QED) is 0.347. The van der Waals surface area contributed by atoms with Gasteiger partial charge in [0.25, 0.3) is 5.69 Å². The summed E-state index contributed by atoms with van der Waals surface area (Å²) in [5.74, 6) is 0.543. The first kappa shape index (κ1) is 10.6. The molecule has 0 heterocycles. The molecule has 0 aliphatic heterocycles. The average Bonchev–Trinajstić information content (AvgIpc) is 2.15. The standard InChI is InChI=1S/C9H10N2O2S/c10-8-4-3-7(2-1-5-14)9(6-8)11(12)13/h1-4,6,14H,5,10H2. The molecule has 0 spiro atoms. The Hall–Kier alpha value is -1.49. The molecule has 1 aromatic rings. The normalized spacial score (nSPS) is 10.6. The topological polar surface area (TPSA) is 69.2 Å². The molecule has 0 radical (unpaired) electrons. The molecule has 0 amide bonds. The van der Waals surface area contributed by atoms with Crippen LogP contribution in [-0.2, 0) is 0 Å². The van der Waals surface area contributed by atoms with Crippen LogP contribution >= 0.6 is 12.6 Å². The van der Waals surface area contributed by atoms with Crippen LogP contribution in [0.3, 0.4) is 0 Å². The van der Waals surface area contributed by atoms with E-state index in [0.717, 1.165) is 0 Å². The van der Waals surface area contributed by atoms with Crippen LogP contribution in [0.4, 0.5) is 11.4 Å². The molecule has 0 saturated carbocycles. The molecule has 0 unspecified atom stereocenters. The van der Waals surface area contributed by atoms with Crippen LogP contribution < -0.4 is 5.73 Å². The monoisotopic (exact) mass is 210 g/mol. The van der Waals surface area contributed by atoms with Crippen molar-refractivity contribution in [3.05, 3.63) is 40.0 Å². The first-order valence-corrected chi connectivity index (χ1v) is 4.59. The molecule has 0 aliphatic carbocycles. The smallest absolute Gasteiger partial charge is 0.278 e. The minimum atomic E-state index is -0.450. The van der Waals surface area contributed by atoms with Gasteiger partial charge in [-0.25, -0.2) is 0 Å². The molecule has 0 bridgehead atoms. The zero-order valence-electron chi connectivity index (χ0n) is 7.38. The second-order valence-corrected chi connectivity index (χ2v) is 3.03. The van der Waals surface area contributed by atoms with E-state index in [1.165, 1.54) is 6.07 Å². The van der Waals surface area contributed by atoms with Crippen molar-refractivity contribution >= 4 is 30.1 Å². The average molecular weight is 210 g/mol. The Balaban J connectivity index is 3.15. The third-order valence-electron chi connectivity index (χ3n) is 1.65. The van der Waals surface area contributed by atoms with Crippen molar-refractivity contribution in [1.82, 2.24) is 0 Å². The Morgan fingerprint density at radius 3 is 2.86 bits per heavy atom. The molecule has 0 atom stereocenters. The summed E-state index contributed by atoms with van der Waals surface area (Å²) in [5.41, 5.74) is 6.40. The number of hydrogen-bond donors (Lipinski definition) is 2. The van der Waals surface area contributed by atoms with Gasteiger partial charge < -0.3 is 5.73 Å². The largest absolute Gasteiger partial charge is 0.399 e. The van der Waals surface area contributed by atoms with Gasteiger partial charge in [-0.05, 0) is 12.1 Å². The number of nitrogen functional groups attached to an aromatic ring is 1. The third kappa shape index (κ3) is 2.50. The Kier molecular flexibility index (Phi) is 3.53. The molecule has 0 aliphatic rings. The zero-order chi connectivity index (χ0) is 10.6. The first-order chi connectivity index (χ1) is 6.65. The van der Waals surface area contributed by atoms with Crippen LogP contribution in [0.5, 0.6) is 0 Å². The summed E-state index contributed by atoms with van der Waals surface area (Å²) in [6, 6.07) is 4.59. The van der Waals surface area contributed by atoms with E-state index in [4.69, 9.17) is 5.73 Å². The van der Waals surface area contributed by atoms with Gasteiger partial charge in [-0.15, -0.1) is 0 Å². The molecule has 1 aromatic carbocycles. The number of nitro benzene ring substituents is 1. The van der Waals surface area contributed by atoms with Crippen LogP contribution in [-0.4, -0.2) is 10.7 Å². The number of hydrogen-bond acceptors (Lipinski definition) is 4. The fourth-order valence-electron chi connectivity index (χ4n) is 1.04. The summed E-state index contributed by atoms with van der Waals surface area (Å²) in [7, 11) is 0. The number of nitrogens with two attached hydrogens (primary N) is 1. The fraction of sp³-hybridized carbons (Fsp3) is 0.111. The van der Waals surface area contributed by atoms with Crippen LogP contribution in [0.15, 0.2) is 24.3 Å². The van der Waals surface area contributed by atoms with Crippen molar-refractivity contribution in [3.8, 4) is 0 Å². The molecule has 0 fully saturated rings. The van der Waals surface area contributed by atoms with Gasteiger partial charge in [-0.3, -0.25) is 10.1 Å². The van der Waals surface area contributed by atoms with E-state index in [9.17, 15) is 10.1 Å². The lowest BCUT2D eigenvalue weighted by Gasteiger charge is -1.98. The van der Waals surface area contributed by atoms with Gasteiger partial charge >= 0.3 is 0 Å². The fourth-order valence-corrected chi connectivity index (χ4v) is 1.14. The van der Waals surface area contributed by atoms with E-state index in [0.29, 0.717) is 17.0 Å². The number of benzene rings is 1. The summed E-state index contributed by atoms with van der Waals surface area (Å²) in [6.07, 6.45) is 3.40. The predicted molar refractivity (Wildman–Crippen MR) is 60.4 cm³/mol. The van der Waals surface area contributed by atoms with Crippen LogP contribution in [0.2, 0.25) is 0 Å². The molecule has 5 heteroatoms. The van der Waals surface area contributed by atoms with Crippen LogP contribution in [0, 0.1) is 10.1 Å². The van der Waals surface area contributed by atoms with E-state index in [1.807, 2.05) is 0 Å². The van der Waals surface area contributed by atoms with Gasteiger partial charge in [-0.2, -0.15) is 12.6 Å². The van der Waals surface area contributed by atoms with Gasteiger partial charge in [0.1, 0.15) is 0 Å². The van der Waals surface area contributed by atoms with Gasteiger partial charge in [0, 0.05) is 17.5 Å². The van der Waals surface area contributed by atoms with Crippen molar-refractivity contribution < 1.29 is 4.92 Å². The summed E-state index contributed by atoms with van der Waals surface area (Å²) in [5, 5.41) is 10.6. The maximum absolute atomic E-state index is 10.6. The lowest BCUT2D eigenvalue weighted by atomic mass is 10.1. The second-order valence-electron chi connectivity index (χ2n) is 2.66. The maximum Gasteiger partial charge on any atom is 0.278 e. The summed E-state index contributed by atoms with van der Waals surface area (Å²) in [4.78, 5) is 10.2. The van der Waals surface area contributed by atoms with Crippen molar-refractivity contribution in [2.75, 3.05) is 11.5 Å². The highest BCUT2D eigenvalue weighted by Gasteiger charge is 2.10. The van der Waals surface area contributed by atoms with Crippen molar-refractivity contribution in [3.63, 3.8) is 0 Å². The molecule has 1 rings (SSSR count). The number of anilines is 1. The maximum atomic E-state index is 10.6. The Labute approximate surface area is 87.0 Å². The molecule has 4 nitrogen and oxygen atoms in total. The lowest BCUT2D eigenvalue weighted by Crippen LogP contribution is -1.94. The Morgan fingerprint density at radius 2 is 2.29 bits per heavy atom. The highest BCUT2D eigenvalue weighted by molar-refractivity contribution is 7.80. The Bertz CT molecular complexity index is 377. The van der Waals surface area contributed by atoms with Crippen molar-refractivity contribution in [1.29, 1.82) is 0 Å². The highest BCUT2D eigenvalue weighted by Crippen LogP contribution is 2.22. The Morgan fingerprint density at radius 1 is 1.57 bits per heavy atom. The number of nitro groups is 1. The molecule has 14 heavy (non-hydrogen) atoms. The second kappa shape index (κ2) is 4.66. The molecule has 0 aromatic heterocycles. The molecule has 74 valence electrons. The van der Waals surface area contributed by atoms with E-state index in [2.05, 4.69) is 12.6 Å². The number of thiol groups is 1. The summed E-state index contributed by atoms with van der Waals surface area (Å²) in [6.45, 7) is 0. The summed E-state index contributed by atoms with van der Waals surface area (Å²) < 4.78 is 0. The van der Waals surface area contributed by atoms with E-state index in [-0.39, 0.29) is 5.69 Å². The van der Waals surface area contributed by atoms with Crippen molar-refractivity contribution in [2.24, 2.45) is 0 Å². The van der Waals surface area contributed by atoms with E-state index >= 15 is 0 Å². The van der Waals surface area contributed by atoms with E-state index in [1.54, 1.807) is 24.3 Å². The van der Waals surface area contributed by atoms with Crippen molar-refractivity contribution in [2.45, 2.75) is 0 Å². The van der Waals surface area contributed by atoms with Gasteiger partial charge in [-0.1, -0.05) is 12.2 Å². The third-order valence-corrected chi connectivity index (χ3v) is 1.86. The van der Waals surface area contributed by atoms with E-state index < -0.39 is 4.92 Å². The molecule has 0 saturated heterocycles. The first-order valence-electron chi connectivity index (χ1n) is 3.96. The SMILES string of the molecule is Nc1ccc(C=CCS)c([N+](=O)[O-])c1. The molecular weight excluding hydrogens is 200 g/mol. The van der Waals surface area contributed by atoms with Gasteiger partial charge in [0.05, 0.1) is 10.5 Å². The minimum absolute atomic E-state index is 0.0167. The highest BCUT2D eigenvalue weighted by atomic mass is 32.1. The lowest BCUT2D eigenvalue weighted by molar-refractivity contribution is -0.385. The van der Waals surface area contributed by atoms with Crippen LogP contribution in [0.25, 0.3) is 6.08 Å². The predicted octanol–water partition coefficient (Wildman–Crippen LogP) is 2.12. The summed E-state index contributed by atoms with van der Waals surface area (Å²) >= 11 is 3.98. The molecular formula is C9H10N2O2S. The van der Waals surface area contributed by atoms with Crippen LogP contribution in [0.1, 0.15) is 5.56 Å². The van der Waals surface area contributed by atoms with Gasteiger partial charge in [0.15, 0.2) is 0 Å². The number of rotatable bonds is 3. The number of nitrogens with zero attached hydrogens (tertiary/aromatic N) is 1. The van der Waals surface area contributed by atoms with Gasteiger partial charge in [0.2, 0.25) is 0 Å². The minimum Gasteiger partial charge on any atom is -0.399 e. The zero-order valence-corrected chi connectivity index (χ0v) is 8.28. The molecule has 2 N–H and O–H groups in total.